The molecule has 0 spiro atoms. The number of H-pyrrole nitrogens is 1. The molecule has 7 heteroatoms. The Morgan fingerprint density at radius 1 is 0.976 bits per heavy atom. The van der Waals surface area contributed by atoms with Gasteiger partial charge in [-0.25, -0.2) is 4.99 Å². The van der Waals surface area contributed by atoms with E-state index in [2.05, 4.69) is 46.2 Å². The van der Waals surface area contributed by atoms with Gasteiger partial charge < -0.3 is 15.4 Å². The molecule has 0 aliphatic rings. The molecule has 1 atom stereocenters. The summed E-state index contributed by atoms with van der Waals surface area (Å²) in [7, 11) is 0. The summed E-state index contributed by atoms with van der Waals surface area (Å²) in [6.07, 6.45) is 3.43. The van der Waals surface area contributed by atoms with Crippen molar-refractivity contribution >= 4 is 28.2 Å². The van der Waals surface area contributed by atoms with Crippen LogP contribution in [0.2, 0.25) is 0 Å². The predicted molar refractivity (Wildman–Crippen MR) is 165 cm³/mol. The Labute approximate surface area is 240 Å². The predicted octanol–water partition coefficient (Wildman–Crippen LogP) is 6.77. The van der Waals surface area contributed by atoms with Crippen LogP contribution in [-0.2, 0) is 6.54 Å². The maximum atomic E-state index is 13.2. The minimum atomic E-state index is -0.196. The summed E-state index contributed by atoms with van der Waals surface area (Å²) in [6.45, 7) is 9.15. The highest BCUT2D eigenvalue weighted by Crippen LogP contribution is 2.32. The number of aromatic hydroxyl groups is 1. The van der Waals surface area contributed by atoms with Crippen LogP contribution in [0.4, 0.5) is 5.69 Å². The number of nitrogens with one attached hydrogen (secondary N) is 2. The standard InChI is InChI=1S/C34H35N5O2/c1-4-39(5-2)22-24-13-16-28(17-14-24)37-32(27-12-9-19-35-21-27)31-29-20-26(15-18-30(29)38-34(31)41)33(40)36-23(3)25-10-7-6-8-11-25/h6-21,23,38,41H,4-5,22H2,1-3H3,(H,36,40)/t23-/m1/s1. The van der Waals surface area contributed by atoms with Crippen LogP contribution in [0.25, 0.3) is 10.9 Å². The molecule has 0 saturated heterocycles. The highest BCUT2D eigenvalue weighted by molar-refractivity contribution is 6.22. The van der Waals surface area contributed by atoms with Gasteiger partial charge in [0.05, 0.1) is 23.0 Å². The van der Waals surface area contributed by atoms with Gasteiger partial charge in [-0.15, -0.1) is 0 Å². The highest BCUT2D eigenvalue weighted by Gasteiger charge is 2.21. The molecule has 0 saturated carbocycles. The van der Waals surface area contributed by atoms with Crippen molar-refractivity contribution in [2.45, 2.75) is 33.4 Å². The Morgan fingerprint density at radius 2 is 1.73 bits per heavy atom. The number of aromatic amines is 1. The van der Waals surface area contributed by atoms with Crippen LogP contribution in [0.5, 0.6) is 5.88 Å². The fraction of sp³-hybridized carbons (Fsp3) is 0.206. The summed E-state index contributed by atoms with van der Waals surface area (Å²) in [5, 5.41) is 14.9. The molecule has 0 fully saturated rings. The van der Waals surface area contributed by atoms with E-state index in [4.69, 9.17) is 4.99 Å². The third kappa shape index (κ3) is 6.36. The number of hydrogen-bond acceptors (Lipinski definition) is 5. The van der Waals surface area contributed by atoms with Gasteiger partial charge in [0.15, 0.2) is 5.88 Å². The van der Waals surface area contributed by atoms with E-state index < -0.39 is 0 Å². The van der Waals surface area contributed by atoms with Crippen LogP contribution in [0.15, 0.2) is 102 Å². The summed E-state index contributed by atoms with van der Waals surface area (Å²) in [5.74, 6) is -0.213. The van der Waals surface area contributed by atoms with Crippen molar-refractivity contribution in [3.63, 3.8) is 0 Å². The molecule has 41 heavy (non-hydrogen) atoms. The Balaban J connectivity index is 1.52. The molecule has 208 valence electrons. The highest BCUT2D eigenvalue weighted by atomic mass is 16.3. The molecule has 2 heterocycles. The normalized spacial score (nSPS) is 12.5. The third-order valence-corrected chi connectivity index (χ3v) is 7.34. The van der Waals surface area contributed by atoms with Gasteiger partial charge in [-0.1, -0.05) is 56.3 Å². The second-order valence-electron chi connectivity index (χ2n) is 10.0. The minimum absolute atomic E-state index is 0.0176. The van der Waals surface area contributed by atoms with Gasteiger partial charge in [0.1, 0.15) is 0 Å². The van der Waals surface area contributed by atoms with Crippen molar-refractivity contribution in [2.24, 2.45) is 4.99 Å². The molecule has 0 radical (unpaired) electrons. The molecule has 2 aromatic heterocycles. The Kier molecular flexibility index (Phi) is 8.56. The molecule has 3 aromatic carbocycles. The number of aliphatic imine (C=N–C) groups is 1. The van der Waals surface area contributed by atoms with Crippen LogP contribution in [0.3, 0.4) is 0 Å². The zero-order chi connectivity index (χ0) is 28.8. The first-order valence-corrected chi connectivity index (χ1v) is 14.0. The monoisotopic (exact) mass is 545 g/mol. The molecular weight excluding hydrogens is 510 g/mol. The molecule has 0 bridgehead atoms. The summed E-state index contributed by atoms with van der Waals surface area (Å²) in [6, 6.07) is 27.0. The van der Waals surface area contributed by atoms with Crippen molar-refractivity contribution in [1.29, 1.82) is 0 Å². The van der Waals surface area contributed by atoms with Gasteiger partial charge in [-0.05, 0) is 73.6 Å². The number of amides is 1. The Bertz CT molecular complexity index is 1640. The van der Waals surface area contributed by atoms with E-state index in [1.807, 2.05) is 67.6 Å². The molecule has 0 unspecified atom stereocenters. The van der Waals surface area contributed by atoms with E-state index in [1.165, 1.54) is 5.56 Å². The van der Waals surface area contributed by atoms with E-state index in [0.29, 0.717) is 27.7 Å². The molecule has 0 aliphatic carbocycles. The van der Waals surface area contributed by atoms with E-state index in [9.17, 15) is 9.90 Å². The number of hydrogen-bond donors (Lipinski definition) is 3. The average molecular weight is 546 g/mol. The number of fused-ring (bicyclic) bond motifs is 1. The number of aromatic nitrogens is 2. The van der Waals surface area contributed by atoms with Crippen LogP contribution >= 0.6 is 0 Å². The zero-order valence-corrected chi connectivity index (χ0v) is 23.6. The van der Waals surface area contributed by atoms with Crippen molar-refractivity contribution in [3.05, 3.63) is 125 Å². The topological polar surface area (TPSA) is 93.6 Å². The fourth-order valence-electron chi connectivity index (χ4n) is 4.94. The lowest BCUT2D eigenvalue weighted by molar-refractivity contribution is 0.0940. The summed E-state index contributed by atoms with van der Waals surface area (Å²) < 4.78 is 0. The zero-order valence-electron chi connectivity index (χ0n) is 23.6. The molecule has 7 nitrogen and oxygen atoms in total. The van der Waals surface area contributed by atoms with Gasteiger partial charge >= 0.3 is 0 Å². The first-order valence-electron chi connectivity index (χ1n) is 14.0. The second-order valence-corrected chi connectivity index (χ2v) is 10.0. The number of pyridine rings is 1. The second kappa shape index (κ2) is 12.6. The lowest BCUT2D eigenvalue weighted by atomic mass is 10.0. The van der Waals surface area contributed by atoms with Crippen LogP contribution < -0.4 is 5.32 Å². The molecule has 3 N–H and O–H groups in total. The first-order chi connectivity index (χ1) is 20.0. The van der Waals surface area contributed by atoms with E-state index in [1.54, 1.807) is 24.5 Å². The number of rotatable bonds is 10. The van der Waals surface area contributed by atoms with Gasteiger partial charge in [-0.2, -0.15) is 0 Å². The molecule has 1 amide bonds. The van der Waals surface area contributed by atoms with Gasteiger partial charge in [-0.3, -0.25) is 14.7 Å². The van der Waals surface area contributed by atoms with Gasteiger partial charge in [0.25, 0.3) is 5.91 Å². The SMILES string of the molecule is CCN(CC)Cc1ccc(N=C(c2cccnc2)c2c(O)[nH]c3ccc(C(=O)N[C@H](C)c4ccccc4)cc23)cc1. The maximum absolute atomic E-state index is 13.2. The summed E-state index contributed by atoms with van der Waals surface area (Å²) in [4.78, 5) is 27.9. The third-order valence-electron chi connectivity index (χ3n) is 7.34. The van der Waals surface area contributed by atoms with Crippen molar-refractivity contribution < 1.29 is 9.90 Å². The smallest absolute Gasteiger partial charge is 0.251 e. The van der Waals surface area contributed by atoms with Crippen molar-refractivity contribution in [2.75, 3.05) is 13.1 Å². The van der Waals surface area contributed by atoms with Crippen LogP contribution in [-0.4, -0.2) is 44.7 Å². The van der Waals surface area contributed by atoms with E-state index in [-0.39, 0.29) is 17.8 Å². The lowest BCUT2D eigenvalue weighted by Crippen LogP contribution is -2.26. The minimum Gasteiger partial charge on any atom is -0.494 e. The molecule has 0 aliphatic heterocycles. The number of benzene rings is 3. The number of nitrogens with zero attached hydrogens (tertiary/aromatic N) is 3. The Morgan fingerprint density at radius 3 is 2.41 bits per heavy atom. The number of carbonyl (C=O) groups is 1. The number of carbonyl (C=O) groups excluding carboxylic acids is 1. The van der Waals surface area contributed by atoms with Crippen molar-refractivity contribution in [1.82, 2.24) is 20.2 Å². The van der Waals surface area contributed by atoms with Crippen molar-refractivity contribution in [3.8, 4) is 5.88 Å². The fourth-order valence-corrected chi connectivity index (χ4v) is 4.94. The lowest BCUT2D eigenvalue weighted by Gasteiger charge is -2.17. The van der Waals surface area contributed by atoms with E-state index in [0.717, 1.165) is 36.4 Å². The molecular formula is C34H35N5O2. The summed E-state index contributed by atoms with van der Waals surface area (Å²) >= 11 is 0. The van der Waals surface area contributed by atoms with Crippen LogP contribution in [0, 0.1) is 0 Å². The maximum Gasteiger partial charge on any atom is 0.251 e. The first kappa shape index (κ1) is 27.8. The van der Waals surface area contributed by atoms with Gasteiger partial charge in [0, 0.05) is 41.0 Å². The average Bonchev–Trinajstić information content (AvgIpc) is 3.34. The summed E-state index contributed by atoms with van der Waals surface area (Å²) in [5.41, 5.74) is 6.03. The molecule has 5 aromatic rings. The Hall–Kier alpha value is -4.75. The molecule has 5 rings (SSSR count). The van der Waals surface area contributed by atoms with Crippen LogP contribution in [0.1, 0.15) is 59.4 Å². The van der Waals surface area contributed by atoms with E-state index >= 15 is 0 Å². The quantitative estimate of drug-likeness (QED) is 0.169. The van der Waals surface area contributed by atoms with Gasteiger partial charge in [0.2, 0.25) is 0 Å². The largest absolute Gasteiger partial charge is 0.494 e.